The molecule has 1 aliphatic rings. The average Bonchev–Trinajstić information content (AvgIpc) is 3.51. The zero-order chi connectivity index (χ0) is 41.1. The van der Waals surface area contributed by atoms with Crippen LogP contribution in [0, 0.1) is 17.7 Å². The van der Waals surface area contributed by atoms with Crippen LogP contribution < -0.4 is 10.6 Å². The summed E-state index contributed by atoms with van der Waals surface area (Å²) in [5, 5.41) is 18.9. The zero-order valence-corrected chi connectivity index (χ0v) is 33.6. The van der Waals surface area contributed by atoms with Crippen molar-refractivity contribution < 1.29 is 31.9 Å². The molecule has 5 rings (SSSR count). The Morgan fingerprint density at radius 3 is 2.06 bits per heavy atom. The molecule has 17 heteroatoms. The van der Waals surface area contributed by atoms with Crippen molar-refractivity contribution in [2.45, 2.75) is 71.3 Å². The second kappa shape index (κ2) is 22.8. The number of aldehydes is 1. The molecule has 11 nitrogen and oxygen atoms in total. The second-order valence-electron chi connectivity index (χ2n) is 13.4. The Morgan fingerprint density at radius 1 is 1.07 bits per heavy atom. The second-order valence-corrected chi connectivity index (χ2v) is 14.5. The number of aryl methyl sites for hydroxylation is 1. The number of carbonyl (C=O) groups is 2. The molecule has 0 saturated heterocycles. The Bertz CT molecular complexity index is 1670. The topological polar surface area (TPSA) is 138 Å². The Labute approximate surface area is 324 Å². The SMILES string of the molecule is CC(C)(C)C.CF.CNC(C=O)c1ccc(-c2ccsn2)cc1.COCC(c1ccc(Cl)c(-n2ncnc2C)c1)N(C)C=N.O=CNC1(C(F)(F)F)CC1. The fraction of sp³-hybridized carbons (Fsp3) is 0.459. The maximum absolute atomic E-state index is 11.9. The van der Waals surface area contributed by atoms with Crippen LogP contribution in [-0.4, -0.2) is 89.8 Å². The van der Waals surface area contributed by atoms with E-state index in [1.54, 1.807) is 29.1 Å². The number of alkyl halides is 4. The summed E-state index contributed by atoms with van der Waals surface area (Å²) < 4.78 is 56.3. The van der Waals surface area contributed by atoms with Crippen LogP contribution >= 0.6 is 23.1 Å². The lowest BCUT2D eigenvalue weighted by Crippen LogP contribution is -2.44. The molecule has 1 fully saturated rings. The number of ether oxygens (including phenoxy) is 1. The van der Waals surface area contributed by atoms with Crippen LogP contribution in [0.5, 0.6) is 0 Å². The molecule has 0 spiro atoms. The van der Waals surface area contributed by atoms with Crippen molar-refractivity contribution in [2.24, 2.45) is 5.41 Å². The van der Waals surface area contributed by atoms with Crippen LogP contribution in [0.15, 0.2) is 60.2 Å². The van der Waals surface area contributed by atoms with E-state index in [0.29, 0.717) is 24.2 Å². The highest BCUT2D eigenvalue weighted by atomic mass is 35.5. The third kappa shape index (κ3) is 15.2. The first kappa shape index (κ1) is 47.8. The van der Waals surface area contributed by atoms with Crippen LogP contribution in [0.1, 0.15) is 69.6 Å². The van der Waals surface area contributed by atoms with Crippen molar-refractivity contribution in [1.29, 1.82) is 5.41 Å². The number of halogens is 5. The van der Waals surface area contributed by atoms with Crippen molar-refractivity contribution in [1.82, 2.24) is 34.7 Å². The molecule has 298 valence electrons. The van der Waals surface area contributed by atoms with E-state index in [1.165, 1.54) is 24.2 Å². The summed E-state index contributed by atoms with van der Waals surface area (Å²) in [4.78, 5) is 26.4. The van der Waals surface area contributed by atoms with E-state index in [4.69, 9.17) is 21.7 Å². The molecular formula is C37H51ClF4N8O3S. The lowest BCUT2D eigenvalue weighted by atomic mass is 10.0. The standard InChI is InChI=1S/C14H18ClN5O.C12H12N2OS.C5H6F3NO.C5H12.CH3F/c1-10-17-9-18-20(10)13-6-11(4-5-12(13)15)14(7-21-3)19(2)8-16;1-13-12(8-15)10-4-2-9(3-5-10)11-6-7-16-14-11;6-5(7,8)4(1-2-4)9-3-10;1-5(2,3)4;1-2/h4-6,8-9,14,16H,7H2,1-3H3;2-8,12-13H,1H3;3H,1-2H2,(H,9,10);1-4H3;1H3. The number of likely N-dealkylation sites (N-methyl/N-ethyl adjacent to an activating group) is 2. The van der Waals surface area contributed by atoms with Gasteiger partial charge in [-0.1, -0.05) is 69.6 Å². The summed E-state index contributed by atoms with van der Waals surface area (Å²) in [6, 6.07) is 15.3. The summed E-state index contributed by atoms with van der Waals surface area (Å²) >= 11 is 7.71. The molecule has 1 aliphatic carbocycles. The van der Waals surface area contributed by atoms with Crippen LogP contribution in [0.3, 0.4) is 0 Å². The molecule has 2 aromatic carbocycles. The van der Waals surface area contributed by atoms with E-state index < -0.39 is 11.7 Å². The smallest absolute Gasteiger partial charge is 0.382 e. The van der Waals surface area contributed by atoms with Gasteiger partial charge in [0.2, 0.25) is 6.41 Å². The minimum Gasteiger partial charge on any atom is -0.382 e. The van der Waals surface area contributed by atoms with Gasteiger partial charge in [0.1, 0.15) is 24.0 Å². The first-order valence-electron chi connectivity index (χ1n) is 16.6. The quantitative estimate of drug-likeness (QED) is 0.0565. The van der Waals surface area contributed by atoms with Gasteiger partial charge in [-0.05, 0) is 73.1 Å². The summed E-state index contributed by atoms with van der Waals surface area (Å²) in [5.41, 5.74) is 3.40. The molecule has 0 bridgehead atoms. The van der Waals surface area contributed by atoms with Gasteiger partial charge in [-0.25, -0.2) is 9.67 Å². The van der Waals surface area contributed by atoms with E-state index in [1.807, 2.05) is 67.9 Å². The Morgan fingerprint density at radius 2 is 1.67 bits per heavy atom. The Kier molecular flexibility index (Phi) is 20.2. The van der Waals surface area contributed by atoms with Gasteiger partial charge in [0.05, 0.1) is 48.6 Å². The maximum Gasteiger partial charge on any atom is 0.411 e. The molecule has 0 aliphatic heterocycles. The molecule has 2 unspecified atom stereocenters. The van der Waals surface area contributed by atoms with Crippen LogP contribution in [0.4, 0.5) is 17.6 Å². The van der Waals surface area contributed by atoms with E-state index in [-0.39, 0.29) is 31.3 Å². The Balaban J connectivity index is 0.000000389. The normalized spacial score (nSPS) is 13.7. The van der Waals surface area contributed by atoms with Crippen molar-refractivity contribution in [3.05, 3.63) is 82.2 Å². The van der Waals surface area contributed by atoms with Gasteiger partial charge in [-0.3, -0.25) is 14.6 Å². The molecule has 0 radical (unpaired) electrons. The maximum atomic E-state index is 11.9. The number of nitrogens with zero attached hydrogens (tertiary/aromatic N) is 5. The third-order valence-corrected chi connectivity index (χ3v) is 8.28. The number of hydrogen-bond donors (Lipinski definition) is 3. The average molecular weight is 799 g/mol. The number of amides is 1. The zero-order valence-electron chi connectivity index (χ0n) is 32.0. The summed E-state index contributed by atoms with van der Waals surface area (Å²) in [6.45, 7) is 11.1. The fourth-order valence-corrected chi connectivity index (χ4v) is 5.14. The predicted octanol–water partition coefficient (Wildman–Crippen LogP) is 8.19. The number of aromatic nitrogens is 4. The number of rotatable bonds is 12. The number of carbonyl (C=O) groups excluding carboxylic acids is 2. The van der Waals surface area contributed by atoms with Gasteiger partial charge in [0.25, 0.3) is 0 Å². The number of benzene rings is 2. The first-order chi connectivity index (χ1) is 25.4. The molecule has 2 atom stereocenters. The molecule has 54 heavy (non-hydrogen) atoms. The first-order valence-corrected chi connectivity index (χ1v) is 17.8. The molecule has 1 amide bonds. The summed E-state index contributed by atoms with van der Waals surface area (Å²) in [6.07, 6.45) is -0.496. The molecule has 1 saturated carbocycles. The molecule has 4 aromatic rings. The highest BCUT2D eigenvalue weighted by molar-refractivity contribution is 7.03. The largest absolute Gasteiger partial charge is 0.411 e. The third-order valence-electron chi connectivity index (χ3n) is 7.40. The van der Waals surface area contributed by atoms with Crippen molar-refractivity contribution in [3.8, 4) is 16.9 Å². The molecule has 3 N–H and O–H groups in total. The highest BCUT2D eigenvalue weighted by Gasteiger charge is 2.63. The lowest BCUT2D eigenvalue weighted by Gasteiger charge is -2.26. The van der Waals surface area contributed by atoms with Gasteiger partial charge < -0.3 is 25.1 Å². The van der Waals surface area contributed by atoms with Gasteiger partial charge in [-0.2, -0.15) is 22.6 Å². The van der Waals surface area contributed by atoms with E-state index in [2.05, 4.69) is 47.5 Å². The van der Waals surface area contributed by atoms with E-state index in [9.17, 15) is 27.2 Å². The van der Waals surface area contributed by atoms with Gasteiger partial charge in [-0.15, -0.1) is 0 Å². The summed E-state index contributed by atoms with van der Waals surface area (Å²) in [5.74, 6) is 0.762. The fourth-order valence-electron chi connectivity index (χ4n) is 4.42. The molecular weight excluding hydrogens is 748 g/mol. The lowest BCUT2D eigenvalue weighted by molar-refractivity contribution is -0.167. The number of methoxy groups -OCH3 is 1. The van der Waals surface area contributed by atoms with Crippen molar-refractivity contribution >= 4 is 42.2 Å². The predicted molar refractivity (Wildman–Crippen MR) is 207 cm³/mol. The molecule has 2 aromatic heterocycles. The highest BCUT2D eigenvalue weighted by Crippen LogP contribution is 2.48. The number of nitrogens with one attached hydrogen (secondary N) is 3. The minimum absolute atomic E-state index is 0.00917. The Hall–Kier alpha value is -4.25. The van der Waals surface area contributed by atoms with Gasteiger partial charge in [0, 0.05) is 25.1 Å². The van der Waals surface area contributed by atoms with Gasteiger partial charge in [0.15, 0.2) is 0 Å². The minimum atomic E-state index is -4.28. The van der Waals surface area contributed by atoms with Gasteiger partial charge >= 0.3 is 6.18 Å². The van der Waals surface area contributed by atoms with Crippen molar-refractivity contribution in [2.75, 3.05) is 35.0 Å². The van der Waals surface area contributed by atoms with Crippen LogP contribution in [0.2, 0.25) is 5.02 Å². The monoisotopic (exact) mass is 798 g/mol. The van der Waals surface area contributed by atoms with Crippen molar-refractivity contribution in [3.63, 3.8) is 0 Å². The van der Waals surface area contributed by atoms with E-state index in [0.717, 1.165) is 40.2 Å². The van der Waals surface area contributed by atoms with Crippen LogP contribution in [-0.2, 0) is 14.3 Å². The molecule has 2 heterocycles. The number of hydrogen-bond acceptors (Lipinski definition) is 9. The van der Waals surface area contributed by atoms with E-state index >= 15 is 0 Å². The summed E-state index contributed by atoms with van der Waals surface area (Å²) in [7, 11) is 5.75. The van der Waals surface area contributed by atoms with Crippen LogP contribution in [0.25, 0.3) is 16.9 Å².